The highest BCUT2D eigenvalue weighted by molar-refractivity contribution is 9.13. The summed E-state index contributed by atoms with van der Waals surface area (Å²) in [6.45, 7) is 8.42. The summed E-state index contributed by atoms with van der Waals surface area (Å²) >= 11 is 50.5. The second-order valence-corrected chi connectivity index (χ2v) is 29.6. The van der Waals surface area contributed by atoms with Crippen molar-refractivity contribution in [3.8, 4) is 34.5 Å². The first-order valence-electron chi connectivity index (χ1n) is 21.8. The maximum absolute atomic E-state index is 11.1. The van der Waals surface area contributed by atoms with Crippen molar-refractivity contribution >= 4 is 223 Å². The van der Waals surface area contributed by atoms with Gasteiger partial charge >= 0.3 is 0 Å². The SMILES string of the molecule is CC(C)(c1cc(Br)c(OCC(O)COc2c(Br)cc(Br)cc2Br)c(Br)c1)c1cc(Br)c(OCC(O)COc2c(Br)cc(C(C)(C)c3cc(Br)c(OCC(O)COc4c(Br)cc(Br)cc4Br)c(Br)c3)cc2Br)c(Br)c1. The van der Waals surface area contributed by atoms with Crippen LogP contribution >= 0.6 is 223 Å². The number of hydrogen-bond acceptors (Lipinski definition) is 9. The van der Waals surface area contributed by atoms with Gasteiger partial charge in [0.25, 0.3) is 0 Å². The molecule has 6 aromatic carbocycles. The quantitative estimate of drug-likeness (QED) is 0.0611. The number of rotatable bonds is 22. The fraction of sp³-hybridized carbons (Fsp3) is 0.294. The molecule has 2 unspecified atom stereocenters. The smallest absolute Gasteiger partial charge is 0.147 e. The molecule has 0 aromatic heterocycles. The van der Waals surface area contributed by atoms with E-state index in [4.69, 9.17) is 28.4 Å². The van der Waals surface area contributed by atoms with E-state index in [-0.39, 0.29) is 39.6 Å². The Balaban J connectivity index is 1.03. The van der Waals surface area contributed by atoms with Crippen molar-refractivity contribution in [1.82, 2.24) is 0 Å². The fourth-order valence-corrected chi connectivity index (χ4v) is 17.8. The average Bonchev–Trinajstić information content (AvgIpc) is 3.29. The number of aliphatic hydroxyl groups is 3. The van der Waals surface area contributed by atoms with Crippen molar-refractivity contribution in [3.63, 3.8) is 0 Å². The molecule has 9 nitrogen and oxygen atoms in total. The van der Waals surface area contributed by atoms with Crippen molar-refractivity contribution in [2.75, 3.05) is 39.6 Å². The largest absolute Gasteiger partial charge is 0.488 e. The van der Waals surface area contributed by atoms with Gasteiger partial charge in [0, 0.05) is 19.8 Å². The van der Waals surface area contributed by atoms with Crippen LogP contribution in [0.5, 0.6) is 34.5 Å². The van der Waals surface area contributed by atoms with Crippen LogP contribution in [0.2, 0.25) is 0 Å². The molecule has 6 rings (SSSR count). The van der Waals surface area contributed by atoms with E-state index < -0.39 is 29.1 Å². The molecule has 23 heteroatoms. The second-order valence-electron chi connectivity index (χ2n) is 17.6. The molecule has 0 fully saturated rings. The molecule has 0 saturated carbocycles. The summed E-state index contributed by atoms with van der Waals surface area (Å²) in [5.41, 5.74) is 2.97. The van der Waals surface area contributed by atoms with E-state index in [1.54, 1.807) is 0 Å². The predicted molar refractivity (Wildman–Crippen MR) is 342 cm³/mol. The number of aliphatic hydroxyl groups excluding tert-OH is 3. The summed E-state index contributed by atoms with van der Waals surface area (Å²) in [7, 11) is 0. The van der Waals surface area contributed by atoms with Gasteiger partial charge in [-0.25, -0.2) is 0 Å². The molecule has 2 atom stereocenters. The molecule has 3 N–H and O–H groups in total. The number of benzene rings is 6. The molecule has 74 heavy (non-hydrogen) atoms. The lowest BCUT2D eigenvalue weighted by Crippen LogP contribution is -2.26. The molecule has 398 valence electrons. The topological polar surface area (TPSA) is 116 Å². The summed E-state index contributed by atoms with van der Waals surface area (Å²) < 4.78 is 46.6. The van der Waals surface area contributed by atoms with Crippen LogP contribution in [0.4, 0.5) is 0 Å². The lowest BCUT2D eigenvalue weighted by Gasteiger charge is -2.29. The molecule has 0 saturated heterocycles. The van der Waals surface area contributed by atoms with Crippen LogP contribution in [0.3, 0.4) is 0 Å². The van der Waals surface area contributed by atoms with Crippen LogP contribution in [-0.4, -0.2) is 73.3 Å². The second kappa shape index (κ2) is 28.1. The van der Waals surface area contributed by atoms with E-state index in [1.165, 1.54) is 0 Å². The Morgan fingerprint density at radius 2 is 0.419 bits per heavy atom. The lowest BCUT2D eigenvalue weighted by atomic mass is 9.78. The van der Waals surface area contributed by atoms with Gasteiger partial charge in [-0.15, -0.1) is 0 Å². The van der Waals surface area contributed by atoms with Gasteiger partial charge in [0.15, 0.2) is 0 Å². The summed E-state index contributed by atoms with van der Waals surface area (Å²) in [6.07, 6.45) is -2.78. The Labute approximate surface area is 547 Å². The van der Waals surface area contributed by atoms with Gasteiger partial charge in [-0.1, -0.05) is 59.6 Å². The highest BCUT2D eigenvalue weighted by atomic mass is 79.9. The minimum atomic E-state index is -0.972. The molecule has 0 radical (unpaired) electrons. The third kappa shape index (κ3) is 16.5. The van der Waals surface area contributed by atoms with E-state index in [0.29, 0.717) is 70.3 Å². The Morgan fingerprint density at radius 1 is 0.284 bits per heavy atom. The van der Waals surface area contributed by atoms with Crippen LogP contribution in [0.15, 0.2) is 135 Å². The molecule has 0 aliphatic rings. The molecule has 0 amide bonds. The molecular weight excluding hydrogens is 1880 g/mol. The van der Waals surface area contributed by atoms with E-state index >= 15 is 0 Å². The van der Waals surface area contributed by atoms with Gasteiger partial charge in [0.2, 0.25) is 0 Å². The zero-order valence-corrected chi connectivity index (χ0v) is 61.2. The van der Waals surface area contributed by atoms with Crippen LogP contribution in [-0.2, 0) is 10.8 Å². The Hall–Kier alpha value is 0.720. The molecule has 0 aliphatic carbocycles. The zero-order valence-electron chi connectivity index (χ0n) is 39.0. The third-order valence-corrected chi connectivity index (χ3v) is 19.3. The predicted octanol–water partition coefficient (Wildman–Crippen LogP) is 19.5. The number of ether oxygens (including phenoxy) is 6. The van der Waals surface area contributed by atoms with Crippen molar-refractivity contribution in [3.05, 3.63) is 158 Å². The van der Waals surface area contributed by atoms with Crippen LogP contribution in [0.25, 0.3) is 0 Å². The van der Waals surface area contributed by atoms with E-state index in [2.05, 4.69) is 251 Å². The van der Waals surface area contributed by atoms with Crippen LogP contribution in [0.1, 0.15) is 49.9 Å². The maximum Gasteiger partial charge on any atom is 0.147 e. The molecule has 0 heterocycles. The Bertz CT molecular complexity index is 2670. The number of hydrogen-bond donors (Lipinski definition) is 3. The minimum absolute atomic E-state index is 0.000105. The van der Waals surface area contributed by atoms with Crippen molar-refractivity contribution in [1.29, 1.82) is 0 Å². The summed E-state index contributed by atoms with van der Waals surface area (Å²) in [5, 5.41) is 32.5. The highest BCUT2D eigenvalue weighted by Gasteiger charge is 2.30. The van der Waals surface area contributed by atoms with Crippen molar-refractivity contribution < 1.29 is 43.7 Å². The molecule has 0 aliphatic heterocycles. The van der Waals surface area contributed by atoms with Gasteiger partial charge in [-0.05, 0) is 286 Å². The number of halogens is 14. The average molecular weight is 1920 g/mol. The third-order valence-electron chi connectivity index (χ3n) is 11.3. The van der Waals surface area contributed by atoms with Gasteiger partial charge in [0.05, 0.1) is 53.7 Å². The van der Waals surface area contributed by atoms with Gasteiger partial charge in [-0.3, -0.25) is 0 Å². The molecule has 6 aromatic rings. The van der Waals surface area contributed by atoms with Gasteiger partial charge in [0.1, 0.15) is 92.5 Å². The van der Waals surface area contributed by atoms with Crippen molar-refractivity contribution in [2.45, 2.75) is 56.8 Å². The molecular formula is C51H42Br14O9. The normalized spacial score (nSPS) is 13.1. The van der Waals surface area contributed by atoms with Crippen LogP contribution < -0.4 is 28.4 Å². The van der Waals surface area contributed by atoms with E-state index in [1.807, 2.05) is 72.8 Å². The van der Waals surface area contributed by atoms with Crippen molar-refractivity contribution in [2.24, 2.45) is 0 Å². The van der Waals surface area contributed by atoms with E-state index in [9.17, 15) is 15.3 Å². The standard InChI is InChI=1S/C51H42Br14O9/c1-50(2,25-9-36(58)46(37(59)10-25)71-19-30(67)21-73-48-40(62)13-27(52)14-41(48)63)23-5-32(54)44(33(55)6-23)69-17-29(66)18-70-45-34(56)7-24(8-35(45)57)51(3,4)26-11-38(60)47(39(61)12-26)72-20-31(68)22-74-49-42(64)15-28(53)16-43(49)65/h5-16,29-31,66-68H,17-22H2,1-4H3. The first-order chi connectivity index (χ1) is 34.7. The van der Waals surface area contributed by atoms with E-state index in [0.717, 1.165) is 49.1 Å². The maximum atomic E-state index is 11.1. The first kappa shape index (κ1) is 63.9. The van der Waals surface area contributed by atoms with Gasteiger partial charge in [-0.2, -0.15) is 0 Å². The lowest BCUT2D eigenvalue weighted by molar-refractivity contribution is 0.0615. The molecule has 0 bridgehead atoms. The Kier molecular flexibility index (Phi) is 24.3. The summed E-state index contributed by atoms with van der Waals surface area (Å²) in [5.74, 6) is 3.33. The highest BCUT2D eigenvalue weighted by Crippen LogP contribution is 2.47. The Morgan fingerprint density at radius 3 is 0.568 bits per heavy atom. The minimum Gasteiger partial charge on any atom is -0.488 e. The zero-order chi connectivity index (χ0) is 54.6. The fourth-order valence-electron chi connectivity index (χ4n) is 7.12. The summed E-state index contributed by atoms with van der Waals surface area (Å²) in [4.78, 5) is 0. The summed E-state index contributed by atoms with van der Waals surface area (Å²) in [6, 6.07) is 23.5. The monoisotopic (exact) mass is 1900 g/mol. The molecule has 0 spiro atoms. The van der Waals surface area contributed by atoms with Crippen LogP contribution in [0, 0.1) is 0 Å². The first-order valence-corrected chi connectivity index (χ1v) is 32.9. The van der Waals surface area contributed by atoms with Gasteiger partial charge < -0.3 is 43.7 Å².